The van der Waals surface area contributed by atoms with Crippen molar-refractivity contribution in [2.45, 2.75) is 31.7 Å². The Balaban J connectivity index is 1.66. The van der Waals surface area contributed by atoms with Crippen LogP contribution in [0.1, 0.15) is 25.7 Å². The van der Waals surface area contributed by atoms with Crippen LogP contribution >= 0.6 is 11.6 Å². The smallest absolute Gasteiger partial charge is 0.313 e. The van der Waals surface area contributed by atoms with Gasteiger partial charge in [0.15, 0.2) is 11.5 Å². The Morgan fingerprint density at radius 2 is 1.68 bits per heavy atom. The predicted molar refractivity (Wildman–Crippen MR) is 81.5 cm³/mol. The zero-order valence-corrected chi connectivity index (χ0v) is 12.7. The van der Waals surface area contributed by atoms with Crippen molar-refractivity contribution >= 4 is 29.1 Å². The van der Waals surface area contributed by atoms with Gasteiger partial charge in [-0.05, 0) is 12.8 Å². The lowest BCUT2D eigenvalue weighted by atomic mass is 10.2. The quantitative estimate of drug-likeness (QED) is 0.817. The van der Waals surface area contributed by atoms with E-state index in [1.54, 1.807) is 12.1 Å². The second-order valence-electron chi connectivity index (χ2n) is 5.38. The molecule has 1 aliphatic heterocycles. The van der Waals surface area contributed by atoms with Crippen molar-refractivity contribution in [1.82, 2.24) is 5.32 Å². The molecule has 1 aliphatic carbocycles. The maximum atomic E-state index is 12.0. The largest absolute Gasteiger partial charge is 0.486 e. The lowest BCUT2D eigenvalue weighted by Crippen LogP contribution is -2.40. The Kier molecular flexibility index (Phi) is 4.38. The van der Waals surface area contributed by atoms with E-state index in [1.807, 2.05) is 0 Å². The van der Waals surface area contributed by atoms with Crippen LogP contribution in [0.3, 0.4) is 0 Å². The highest BCUT2D eigenvalue weighted by Gasteiger charge is 2.23. The molecule has 2 aliphatic rings. The molecule has 0 unspecified atom stereocenters. The van der Waals surface area contributed by atoms with Crippen molar-refractivity contribution in [3.05, 3.63) is 17.2 Å². The number of benzene rings is 1. The molecule has 1 fully saturated rings. The number of fused-ring (bicyclic) bond motifs is 1. The molecule has 3 rings (SSSR count). The van der Waals surface area contributed by atoms with E-state index in [9.17, 15) is 9.59 Å². The number of hydrogen-bond donors (Lipinski definition) is 2. The summed E-state index contributed by atoms with van der Waals surface area (Å²) in [6.45, 7) is 0.892. The summed E-state index contributed by atoms with van der Waals surface area (Å²) in [4.78, 5) is 23.8. The van der Waals surface area contributed by atoms with Crippen LogP contribution in [0.15, 0.2) is 12.1 Å². The molecule has 0 saturated heterocycles. The number of hydrogen-bond acceptors (Lipinski definition) is 4. The first-order valence-electron chi connectivity index (χ1n) is 7.34. The molecule has 0 spiro atoms. The van der Waals surface area contributed by atoms with Crippen LogP contribution in [0, 0.1) is 0 Å². The third-order valence-corrected chi connectivity index (χ3v) is 4.09. The summed E-state index contributed by atoms with van der Waals surface area (Å²) < 4.78 is 10.8. The van der Waals surface area contributed by atoms with Crippen LogP contribution in [0.4, 0.5) is 5.69 Å². The van der Waals surface area contributed by atoms with E-state index in [-0.39, 0.29) is 6.04 Å². The summed E-state index contributed by atoms with van der Waals surface area (Å²) in [5, 5.41) is 5.54. The van der Waals surface area contributed by atoms with Gasteiger partial charge < -0.3 is 20.1 Å². The fraction of sp³-hybridized carbons (Fsp3) is 0.467. The van der Waals surface area contributed by atoms with Crippen molar-refractivity contribution in [2.75, 3.05) is 18.5 Å². The molecule has 0 radical (unpaired) electrons. The molecule has 2 amide bonds. The third kappa shape index (κ3) is 3.27. The number of carbonyl (C=O) groups is 2. The Morgan fingerprint density at radius 3 is 2.36 bits per heavy atom. The van der Waals surface area contributed by atoms with Crippen LogP contribution < -0.4 is 20.1 Å². The van der Waals surface area contributed by atoms with Gasteiger partial charge in [-0.2, -0.15) is 0 Å². The van der Waals surface area contributed by atoms with E-state index in [4.69, 9.17) is 21.1 Å². The van der Waals surface area contributed by atoms with Gasteiger partial charge in [-0.1, -0.05) is 24.4 Å². The van der Waals surface area contributed by atoms with Gasteiger partial charge in [0.1, 0.15) is 13.2 Å². The van der Waals surface area contributed by atoms with Crippen molar-refractivity contribution in [3.8, 4) is 11.5 Å². The molecule has 118 valence electrons. The molecule has 1 heterocycles. The van der Waals surface area contributed by atoms with E-state index in [0.717, 1.165) is 25.7 Å². The molecule has 2 N–H and O–H groups in total. The summed E-state index contributed by atoms with van der Waals surface area (Å²) in [7, 11) is 0. The minimum absolute atomic E-state index is 0.0917. The minimum Gasteiger partial charge on any atom is -0.486 e. The Hall–Kier alpha value is -1.95. The van der Waals surface area contributed by atoms with E-state index in [0.29, 0.717) is 35.4 Å². The topological polar surface area (TPSA) is 76.7 Å². The van der Waals surface area contributed by atoms with Crippen LogP contribution in [0.2, 0.25) is 5.02 Å². The van der Waals surface area contributed by atoms with Crippen molar-refractivity contribution < 1.29 is 19.1 Å². The molecule has 1 saturated carbocycles. The fourth-order valence-corrected chi connectivity index (χ4v) is 2.86. The highest BCUT2D eigenvalue weighted by Crippen LogP contribution is 2.37. The molecule has 0 aromatic heterocycles. The molecule has 22 heavy (non-hydrogen) atoms. The van der Waals surface area contributed by atoms with Gasteiger partial charge in [0, 0.05) is 18.2 Å². The molecular formula is C15H17ClN2O4. The van der Waals surface area contributed by atoms with Crippen LogP contribution in [0.25, 0.3) is 0 Å². The highest BCUT2D eigenvalue weighted by atomic mass is 35.5. The summed E-state index contributed by atoms with van der Waals surface area (Å²) >= 11 is 6.10. The molecule has 6 nitrogen and oxygen atoms in total. The summed E-state index contributed by atoms with van der Waals surface area (Å²) in [6.07, 6.45) is 4.01. The van der Waals surface area contributed by atoms with Crippen molar-refractivity contribution in [3.63, 3.8) is 0 Å². The van der Waals surface area contributed by atoms with Gasteiger partial charge in [-0.3, -0.25) is 9.59 Å². The molecule has 7 heteroatoms. The molecule has 1 aromatic carbocycles. The lowest BCUT2D eigenvalue weighted by molar-refractivity contribution is -0.136. The summed E-state index contributed by atoms with van der Waals surface area (Å²) in [6, 6.07) is 3.23. The SMILES string of the molecule is O=C(Nc1cc2c(cc1Cl)OCCO2)C(=O)NC1CCCC1. The van der Waals surface area contributed by atoms with Gasteiger partial charge in [0.05, 0.1) is 10.7 Å². The van der Waals surface area contributed by atoms with Crippen molar-refractivity contribution in [1.29, 1.82) is 0 Å². The van der Waals surface area contributed by atoms with Crippen LogP contribution in [0.5, 0.6) is 11.5 Å². The molecular weight excluding hydrogens is 308 g/mol. The maximum absolute atomic E-state index is 12.0. The zero-order valence-electron chi connectivity index (χ0n) is 12.0. The number of carbonyl (C=O) groups excluding carboxylic acids is 2. The number of halogens is 1. The van der Waals surface area contributed by atoms with E-state index in [2.05, 4.69) is 10.6 Å². The standard InChI is InChI=1S/C15H17ClN2O4/c16-10-7-12-13(22-6-5-21-12)8-11(10)18-15(20)14(19)17-9-3-1-2-4-9/h7-9H,1-6H2,(H,17,19)(H,18,20). The zero-order chi connectivity index (χ0) is 15.5. The second kappa shape index (κ2) is 6.44. The van der Waals surface area contributed by atoms with Gasteiger partial charge in [0.2, 0.25) is 0 Å². The van der Waals surface area contributed by atoms with E-state index < -0.39 is 11.8 Å². The monoisotopic (exact) mass is 324 g/mol. The minimum atomic E-state index is -0.731. The highest BCUT2D eigenvalue weighted by molar-refractivity contribution is 6.41. The summed E-state index contributed by atoms with van der Waals surface area (Å²) in [5.41, 5.74) is 0.331. The molecule has 1 aromatic rings. The first kappa shape index (κ1) is 15.0. The number of rotatable bonds is 2. The Labute approximate surface area is 133 Å². The first-order valence-corrected chi connectivity index (χ1v) is 7.72. The van der Waals surface area contributed by atoms with Crippen LogP contribution in [-0.4, -0.2) is 31.1 Å². The normalized spacial score (nSPS) is 17.1. The van der Waals surface area contributed by atoms with Gasteiger partial charge in [0.25, 0.3) is 0 Å². The summed E-state index contributed by atoms with van der Waals surface area (Å²) in [5.74, 6) is -0.338. The van der Waals surface area contributed by atoms with E-state index in [1.165, 1.54) is 0 Å². The number of nitrogens with one attached hydrogen (secondary N) is 2. The first-order chi connectivity index (χ1) is 10.6. The van der Waals surface area contributed by atoms with E-state index >= 15 is 0 Å². The molecule has 0 bridgehead atoms. The lowest BCUT2D eigenvalue weighted by Gasteiger charge is -2.20. The number of amides is 2. The van der Waals surface area contributed by atoms with Crippen LogP contribution in [-0.2, 0) is 9.59 Å². The number of ether oxygens (including phenoxy) is 2. The molecule has 0 atom stereocenters. The second-order valence-corrected chi connectivity index (χ2v) is 5.79. The fourth-order valence-electron chi connectivity index (χ4n) is 2.66. The maximum Gasteiger partial charge on any atom is 0.313 e. The van der Waals surface area contributed by atoms with Crippen molar-refractivity contribution in [2.24, 2.45) is 0 Å². The Bertz CT molecular complexity index is 599. The van der Waals surface area contributed by atoms with Gasteiger partial charge in [-0.25, -0.2) is 0 Å². The predicted octanol–water partition coefficient (Wildman–Crippen LogP) is 2.11. The third-order valence-electron chi connectivity index (χ3n) is 3.78. The number of anilines is 1. The van der Waals surface area contributed by atoms with Gasteiger partial charge >= 0.3 is 11.8 Å². The van der Waals surface area contributed by atoms with Gasteiger partial charge in [-0.15, -0.1) is 0 Å². The Morgan fingerprint density at radius 1 is 1.05 bits per heavy atom. The average Bonchev–Trinajstić information content (AvgIpc) is 3.00. The average molecular weight is 325 g/mol.